The number of carboxylic acids is 1. The summed E-state index contributed by atoms with van der Waals surface area (Å²) in [6.07, 6.45) is 0.643. The van der Waals surface area contributed by atoms with E-state index in [4.69, 9.17) is 5.11 Å². The molecule has 0 bridgehead atoms. The van der Waals surface area contributed by atoms with Crippen molar-refractivity contribution in [1.29, 1.82) is 0 Å². The smallest absolute Gasteiger partial charge is 0.335 e. The van der Waals surface area contributed by atoms with Crippen LogP contribution in [0.3, 0.4) is 0 Å². The molecule has 0 fully saturated rings. The summed E-state index contributed by atoms with van der Waals surface area (Å²) < 4.78 is 0. The maximum atomic E-state index is 11.5. The highest BCUT2D eigenvalue weighted by Crippen LogP contribution is 2.04. The molecule has 0 aliphatic rings. The number of urea groups is 1. The second-order valence-electron chi connectivity index (χ2n) is 4.34. The van der Waals surface area contributed by atoms with Crippen molar-refractivity contribution in [2.75, 3.05) is 6.54 Å². The van der Waals surface area contributed by atoms with Gasteiger partial charge in [-0.25, -0.2) is 14.6 Å². The first-order valence-corrected chi connectivity index (χ1v) is 7.30. The van der Waals surface area contributed by atoms with Crippen molar-refractivity contribution in [3.05, 3.63) is 52.0 Å². The van der Waals surface area contributed by atoms with E-state index >= 15 is 0 Å². The van der Waals surface area contributed by atoms with Gasteiger partial charge in [-0.3, -0.25) is 0 Å². The van der Waals surface area contributed by atoms with E-state index in [0.29, 0.717) is 19.5 Å². The Kier molecular flexibility index (Phi) is 5.28. The van der Waals surface area contributed by atoms with E-state index < -0.39 is 5.97 Å². The van der Waals surface area contributed by atoms with Crippen LogP contribution in [0.1, 0.15) is 21.6 Å². The molecule has 1 heterocycles. The fourth-order valence-electron chi connectivity index (χ4n) is 1.69. The zero-order valence-corrected chi connectivity index (χ0v) is 12.0. The van der Waals surface area contributed by atoms with Gasteiger partial charge in [0.2, 0.25) is 0 Å². The van der Waals surface area contributed by atoms with Crippen LogP contribution in [0.2, 0.25) is 0 Å². The molecular formula is C14H15N3O3S. The van der Waals surface area contributed by atoms with Crippen LogP contribution in [0.15, 0.2) is 35.2 Å². The largest absolute Gasteiger partial charge is 0.478 e. The molecule has 110 valence electrons. The lowest BCUT2D eigenvalue weighted by molar-refractivity contribution is 0.0697. The fourth-order valence-corrected chi connectivity index (χ4v) is 2.25. The summed E-state index contributed by atoms with van der Waals surface area (Å²) in [4.78, 5) is 26.3. The second-order valence-corrected chi connectivity index (χ2v) is 5.06. The number of nitrogens with one attached hydrogen (secondary N) is 2. The molecule has 0 aliphatic carbocycles. The van der Waals surface area contributed by atoms with Gasteiger partial charge in [0, 0.05) is 11.9 Å². The maximum Gasteiger partial charge on any atom is 0.335 e. The molecule has 0 aliphatic heterocycles. The van der Waals surface area contributed by atoms with Crippen molar-refractivity contribution in [3.8, 4) is 0 Å². The van der Waals surface area contributed by atoms with Crippen LogP contribution in [0.25, 0.3) is 0 Å². The highest BCUT2D eigenvalue weighted by atomic mass is 32.1. The second kappa shape index (κ2) is 7.39. The van der Waals surface area contributed by atoms with Gasteiger partial charge >= 0.3 is 12.0 Å². The quantitative estimate of drug-likeness (QED) is 0.760. The third-order valence-electron chi connectivity index (χ3n) is 2.81. The van der Waals surface area contributed by atoms with Crippen molar-refractivity contribution >= 4 is 23.3 Å². The van der Waals surface area contributed by atoms with Crippen molar-refractivity contribution < 1.29 is 14.7 Å². The van der Waals surface area contributed by atoms with E-state index in [-0.39, 0.29) is 11.6 Å². The Labute approximate surface area is 125 Å². The molecule has 6 nitrogen and oxygen atoms in total. The average Bonchev–Trinajstić information content (AvgIpc) is 2.99. The molecule has 7 heteroatoms. The van der Waals surface area contributed by atoms with E-state index in [1.54, 1.807) is 29.8 Å². The maximum absolute atomic E-state index is 11.5. The number of carbonyl (C=O) groups excluding carboxylic acids is 1. The summed E-state index contributed by atoms with van der Waals surface area (Å²) in [5.41, 5.74) is 3.78. The van der Waals surface area contributed by atoms with Crippen LogP contribution in [0.4, 0.5) is 4.79 Å². The van der Waals surface area contributed by atoms with Crippen LogP contribution in [-0.2, 0) is 13.0 Å². The summed E-state index contributed by atoms with van der Waals surface area (Å²) in [7, 11) is 0. The number of carbonyl (C=O) groups is 2. The van der Waals surface area contributed by atoms with E-state index in [9.17, 15) is 9.59 Å². The van der Waals surface area contributed by atoms with E-state index in [1.807, 2.05) is 5.38 Å². The van der Waals surface area contributed by atoms with Crippen LogP contribution in [0, 0.1) is 0 Å². The third kappa shape index (κ3) is 4.88. The molecule has 0 unspecified atom stereocenters. The molecule has 2 rings (SSSR count). The SMILES string of the molecule is O=C(NCCc1ccc(C(=O)O)cc1)NCc1cscn1. The zero-order chi connectivity index (χ0) is 15.1. The first-order chi connectivity index (χ1) is 10.1. The number of hydrogen-bond acceptors (Lipinski definition) is 4. The van der Waals surface area contributed by atoms with Gasteiger partial charge in [0.05, 0.1) is 23.3 Å². The number of nitrogens with zero attached hydrogens (tertiary/aromatic N) is 1. The Morgan fingerprint density at radius 3 is 2.57 bits per heavy atom. The molecule has 0 saturated carbocycles. The third-order valence-corrected chi connectivity index (χ3v) is 3.45. The van der Waals surface area contributed by atoms with Crippen LogP contribution in [0.5, 0.6) is 0 Å². The lowest BCUT2D eigenvalue weighted by atomic mass is 10.1. The molecule has 0 radical (unpaired) electrons. The van der Waals surface area contributed by atoms with Crippen LogP contribution < -0.4 is 10.6 Å². The number of carboxylic acid groups (broad SMARTS) is 1. The Morgan fingerprint density at radius 2 is 1.95 bits per heavy atom. The molecule has 2 aromatic rings. The fraction of sp³-hybridized carbons (Fsp3) is 0.214. The summed E-state index contributed by atoms with van der Waals surface area (Å²) in [5, 5.41) is 16.1. The van der Waals surface area contributed by atoms with E-state index in [2.05, 4.69) is 15.6 Å². The van der Waals surface area contributed by atoms with Gasteiger partial charge in [-0.2, -0.15) is 0 Å². The van der Waals surface area contributed by atoms with Crippen molar-refractivity contribution in [3.63, 3.8) is 0 Å². The minimum atomic E-state index is -0.943. The van der Waals surface area contributed by atoms with Gasteiger partial charge in [0.15, 0.2) is 0 Å². The molecule has 0 spiro atoms. The molecular weight excluding hydrogens is 290 g/mol. The van der Waals surface area contributed by atoms with Crippen molar-refractivity contribution in [2.24, 2.45) is 0 Å². The van der Waals surface area contributed by atoms with Gasteiger partial charge in [-0.15, -0.1) is 11.3 Å². The molecule has 1 aromatic carbocycles. The minimum Gasteiger partial charge on any atom is -0.478 e. The number of aromatic carboxylic acids is 1. The monoisotopic (exact) mass is 305 g/mol. The highest BCUT2D eigenvalue weighted by Gasteiger charge is 2.03. The minimum absolute atomic E-state index is 0.245. The predicted molar refractivity (Wildman–Crippen MR) is 79.5 cm³/mol. The normalized spacial score (nSPS) is 10.1. The van der Waals surface area contributed by atoms with Gasteiger partial charge in [-0.05, 0) is 24.1 Å². The van der Waals surface area contributed by atoms with Gasteiger partial charge in [0.25, 0.3) is 0 Å². The first kappa shape index (κ1) is 15.0. The molecule has 0 saturated heterocycles. The Hall–Kier alpha value is -2.41. The average molecular weight is 305 g/mol. The standard InChI is InChI=1S/C14H15N3O3S/c18-13(19)11-3-1-10(2-4-11)5-6-15-14(20)16-7-12-8-21-9-17-12/h1-4,8-9H,5-7H2,(H,18,19)(H2,15,16,20). The summed E-state index contributed by atoms with van der Waals surface area (Å²) in [6.45, 7) is 0.887. The van der Waals surface area contributed by atoms with Gasteiger partial charge in [0.1, 0.15) is 0 Å². The molecule has 2 amide bonds. The van der Waals surface area contributed by atoms with E-state index in [0.717, 1.165) is 11.3 Å². The van der Waals surface area contributed by atoms with Gasteiger partial charge in [-0.1, -0.05) is 12.1 Å². The number of benzene rings is 1. The van der Waals surface area contributed by atoms with E-state index in [1.165, 1.54) is 11.3 Å². The van der Waals surface area contributed by atoms with Crippen LogP contribution in [-0.4, -0.2) is 28.6 Å². The predicted octanol–water partition coefficient (Wildman–Crippen LogP) is 1.88. The summed E-state index contributed by atoms with van der Waals surface area (Å²) in [5.74, 6) is -0.943. The lowest BCUT2D eigenvalue weighted by Crippen LogP contribution is -2.36. The summed E-state index contributed by atoms with van der Waals surface area (Å²) in [6, 6.07) is 6.36. The lowest BCUT2D eigenvalue weighted by Gasteiger charge is -2.06. The molecule has 3 N–H and O–H groups in total. The Morgan fingerprint density at radius 1 is 1.19 bits per heavy atom. The molecule has 0 atom stereocenters. The number of rotatable bonds is 6. The Bertz CT molecular complexity index is 596. The van der Waals surface area contributed by atoms with Crippen LogP contribution >= 0.6 is 11.3 Å². The summed E-state index contributed by atoms with van der Waals surface area (Å²) >= 11 is 1.48. The molecule has 21 heavy (non-hydrogen) atoms. The molecule has 1 aromatic heterocycles. The number of amides is 2. The number of thiazole rings is 1. The topological polar surface area (TPSA) is 91.3 Å². The number of aromatic nitrogens is 1. The zero-order valence-electron chi connectivity index (χ0n) is 11.2. The number of hydrogen-bond donors (Lipinski definition) is 3. The van der Waals surface area contributed by atoms with Crippen molar-refractivity contribution in [1.82, 2.24) is 15.6 Å². The first-order valence-electron chi connectivity index (χ1n) is 6.36. The highest BCUT2D eigenvalue weighted by molar-refractivity contribution is 7.07. The van der Waals surface area contributed by atoms with Crippen molar-refractivity contribution in [2.45, 2.75) is 13.0 Å². The Balaban J connectivity index is 1.68. The van der Waals surface area contributed by atoms with Gasteiger partial charge < -0.3 is 15.7 Å².